The van der Waals surface area contributed by atoms with Crippen molar-refractivity contribution in [2.75, 3.05) is 30.9 Å². The van der Waals surface area contributed by atoms with Gasteiger partial charge in [0.25, 0.3) is 0 Å². The molecule has 1 saturated heterocycles. The van der Waals surface area contributed by atoms with Gasteiger partial charge in [-0.05, 0) is 85.2 Å². The van der Waals surface area contributed by atoms with E-state index in [2.05, 4.69) is 36.9 Å². The first-order valence-corrected chi connectivity index (χ1v) is 30.8. The first-order valence-electron chi connectivity index (χ1n) is 30.8. The molecule has 10 N–H and O–H groups in total. The third kappa shape index (κ3) is 17.5. The molecule has 26 heteroatoms. The Hall–Kier alpha value is -9.08. The summed E-state index contributed by atoms with van der Waals surface area (Å²) in [5.41, 5.74) is 4.72. The van der Waals surface area contributed by atoms with Gasteiger partial charge in [0.05, 0.1) is 30.0 Å². The van der Waals surface area contributed by atoms with E-state index < -0.39 is 95.4 Å². The highest BCUT2D eigenvalue weighted by Gasteiger charge is 2.48. The molecule has 0 spiro atoms. The summed E-state index contributed by atoms with van der Waals surface area (Å²) in [7, 11) is 5.03. The average Bonchev–Trinajstić information content (AvgIpc) is 1.70. The van der Waals surface area contributed by atoms with E-state index in [-0.39, 0.29) is 73.6 Å². The van der Waals surface area contributed by atoms with Gasteiger partial charge < -0.3 is 70.8 Å². The summed E-state index contributed by atoms with van der Waals surface area (Å²) < 4.78 is 18.6. The molecular formula is C67H86N10O16. The summed E-state index contributed by atoms with van der Waals surface area (Å²) in [5, 5.41) is 73.8. The number of aliphatic carboxylic acids is 2. The second-order valence-corrected chi connectivity index (χ2v) is 25.3. The van der Waals surface area contributed by atoms with Gasteiger partial charge in [0.15, 0.2) is 6.10 Å². The molecule has 0 radical (unpaired) electrons. The molecular weight excluding hydrogens is 1200 g/mol. The van der Waals surface area contributed by atoms with Crippen LogP contribution in [0.1, 0.15) is 110 Å². The normalized spacial score (nSPS) is 18.2. The Morgan fingerprint density at radius 3 is 2.16 bits per heavy atom. The third-order valence-corrected chi connectivity index (χ3v) is 16.7. The number of carbonyl (C=O) groups excluding carboxylic acids is 6. The molecule has 8 atom stereocenters. The maximum Gasteiger partial charge on any atom is 0.411 e. The molecule has 3 heterocycles. The number of aryl methyl sites for hydroxylation is 1. The summed E-state index contributed by atoms with van der Waals surface area (Å²) in [4.78, 5) is 109. The van der Waals surface area contributed by atoms with Crippen molar-refractivity contribution in [1.82, 2.24) is 41.2 Å². The fourth-order valence-corrected chi connectivity index (χ4v) is 11.3. The van der Waals surface area contributed by atoms with Crippen LogP contribution in [0.3, 0.4) is 0 Å². The van der Waals surface area contributed by atoms with E-state index in [0.717, 1.165) is 22.4 Å². The van der Waals surface area contributed by atoms with E-state index in [1.54, 1.807) is 47.9 Å². The number of rotatable bonds is 26. The number of unbranched alkanes of at least 4 members (excludes halogenated alkanes) is 1. The van der Waals surface area contributed by atoms with Crippen LogP contribution < -0.4 is 36.2 Å². The van der Waals surface area contributed by atoms with Gasteiger partial charge in [-0.3, -0.25) is 29.3 Å². The highest BCUT2D eigenvalue weighted by atomic mass is 16.7. The standard InChI is InChI=1S/C67H86N10O16/c1-37(2)47(31-38(3)62(86)87)75(10)61(85)59(66(4,5)6)72-60(84)58(68-9)67(7,8)42-20-18-21-43(33-42)71-65(90)91-36-39-27-28-48(92-64-56(83)54(81)55(82)57(93-64)63(88)89)41(32-39)34-70-50(79)29-30-69-49(78)25-16-17-26-51(80)77-35-40-19-12-13-22-44(40)53-52(73-74-76(53)11)45-23-14-15-24-46(45)77/h12-15,18-24,27-28,31-33,37,47,54-59,64,68,81-83H,16-17,25-26,29-30,34-36H2,1-11H3,(H,69,78)(H,70,79)(H,71,90)(H,72,84)(H,86,87)(H,88,89)/b38-31+/t47-,54+,55+,56-,57+,58-,59-,64-/m1/s1. The van der Waals surface area contributed by atoms with Crippen molar-refractivity contribution >= 4 is 58.9 Å². The number of anilines is 2. The largest absolute Gasteiger partial charge is 0.479 e. The number of carboxylic acids is 2. The fraction of sp³-hybridized carbons (Fsp3) is 0.463. The number of amides is 6. The molecule has 0 bridgehead atoms. The smallest absolute Gasteiger partial charge is 0.411 e. The molecule has 7 rings (SSSR count). The Bertz CT molecular complexity index is 3580. The van der Waals surface area contributed by atoms with E-state index in [1.165, 1.54) is 36.1 Å². The number of hydrogen-bond acceptors (Lipinski definition) is 17. The number of hydrogen-bond donors (Lipinski definition) is 10. The van der Waals surface area contributed by atoms with Gasteiger partial charge in [-0.15, -0.1) is 5.10 Å². The van der Waals surface area contributed by atoms with Crippen LogP contribution in [0, 0.1) is 11.3 Å². The minimum atomic E-state index is -1.99. The second-order valence-electron chi connectivity index (χ2n) is 25.3. The van der Waals surface area contributed by atoms with Gasteiger partial charge in [-0.2, -0.15) is 0 Å². The van der Waals surface area contributed by atoms with Crippen LogP contribution in [0.25, 0.3) is 22.5 Å². The molecule has 93 heavy (non-hydrogen) atoms. The van der Waals surface area contributed by atoms with E-state index in [9.17, 15) is 63.9 Å². The minimum Gasteiger partial charge on any atom is -0.479 e. The SMILES string of the molecule is CN[C@H](C(=O)N[C@H](C(=O)N(C)[C@H](/C=C(\C)C(=O)O)C(C)C)C(C)(C)C)C(C)(C)c1cccc(NC(=O)OCc2ccc(O[C@@H]3O[C@H](C(=O)O)[C@@H](O)[C@H](O)[C@H]3O)c(CNC(=O)CCNC(=O)CCCCC(=O)N3Cc4ccccc4-c4c(nnn4C)-c4ccccc43)c2)c1. The van der Waals surface area contributed by atoms with Crippen molar-refractivity contribution in [1.29, 1.82) is 0 Å². The molecule has 500 valence electrons. The zero-order valence-corrected chi connectivity index (χ0v) is 54.3. The average molecular weight is 1290 g/mol. The maximum absolute atomic E-state index is 14.3. The van der Waals surface area contributed by atoms with Crippen LogP contribution >= 0.6 is 0 Å². The number of carboxylic acid groups (broad SMARTS) is 2. The molecule has 0 saturated carbocycles. The van der Waals surface area contributed by atoms with Crippen molar-refractivity contribution < 1.29 is 78.1 Å². The lowest BCUT2D eigenvalue weighted by atomic mass is 9.76. The van der Waals surface area contributed by atoms with Crippen molar-refractivity contribution in [3.05, 3.63) is 125 Å². The first kappa shape index (κ1) is 71.4. The Morgan fingerprint density at radius 2 is 1.48 bits per heavy atom. The molecule has 6 amide bonds. The predicted octanol–water partition coefficient (Wildman–Crippen LogP) is 5.31. The van der Waals surface area contributed by atoms with Gasteiger partial charge >= 0.3 is 18.0 Å². The number of nitrogens with zero attached hydrogens (tertiary/aromatic N) is 5. The zero-order chi connectivity index (χ0) is 68.2. The van der Waals surface area contributed by atoms with E-state index >= 15 is 0 Å². The summed E-state index contributed by atoms with van der Waals surface area (Å²) in [6.45, 7) is 14.0. The number of carbonyl (C=O) groups is 8. The number of ether oxygens (including phenoxy) is 3. The van der Waals surface area contributed by atoms with Crippen LogP contribution in [-0.2, 0) is 75.2 Å². The van der Waals surface area contributed by atoms with Crippen molar-refractivity contribution in [2.24, 2.45) is 18.4 Å². The Morgan fingerprint density at radius 1 is 0.806 bits per heavy atom. The van der Waals surface area contributed by atoms with Crippen LogP contribution in [-0.4, -0.2) is 162 Å². The molecule has 0 aliphatic carbocycles. The quantitative estimate of drug-likeness (QED) is 0.0248. The Kier molecular flexibility index (Phi) is 23.8. The minimum absolute atomic E-state index is 0.0376. The molecule has 1 fully saturated rings. The Labute approximate surface area is 540 Å². The Balaban J connectivity index is 0.950. The van der Waals surface area contributed by atoms with Crippen LogP contribution in [0.2, 0.25) is 0 Å². The molecule has 0 unspecified atom stereocenters. The molecule has 26 nitrogen and oxygen atoms in total. The summed E-state index contributed by atoms with van der Waals surface area (Å²) >= 11 is 0. The molecule has 4 aromatic carbocycles. The van der Waals surface area contributed by atoms with Gasteiger partial charge in [-0.1, -0.05) is 120 Å². The number of nitrogens with one attached hydrogen (secondary N) is 5. The van der Waals surface area contributed by atoms with Crippen molar-refractivity contribution in [3.63, 3.8) is 0 Å². The number of para-hydroxylation sites is 1. The summed E-state index contributed by atoms with van der Waals surface area (Å²) in [6, 6.07) is 24.0. The van der Waals surface area contributed by atoms with Gasteiger partial charge in [0, 0.05) is 79.8 Å². The van der Waals surface area contributed by atoms with Gasteiger partial charge in [-0.25, -0.2) is 19.1 Å². The molecule has 2 aliphatic heterocycles. The van der Waals surface area contributed by atoms with Crippen molar-refractivity contribution in [3.8, 4) is 28.3 Å². The third-order valence-electron chi connectivity index (χ3n) is 16.7. The van der Waals surface area contributed by atoms with E-state index in [1.807, 2.05) is 104 Å². The number of aliphatic hydroxyl groups is 3. The molecule has 1 aromatic heterocycles. The number of likely N-dealkylation sites (N-methyl/N-ethyl adjacent to an activating group) is 2. The summed E-state index contributed by atoms with van der Waals surface area (Å²) in [5.74, 6) is -4.79. The van der Waals surface area contributed by atoms with E-state index in [4.69, 9.17) is 14.2 Å². The predicted molar refractivity (Wildman–Crippen MR) is 343 cm³/mol. The zero-order valence-electron chi connectivity index (χ0n) is 54.3. The van der Waals surface area contributed by atoms with Crippen LogP contribution in [0.5, 0.6) is 5.75 Å². The second kappa shape index (κ2) is 31.0. The van der Waals surface area contributed by atoms with Crippen LogP contribution in [0.15, 0.2) is 103 Å². The first-order chi connectivity index (χ1) is 43.9. The monoisotopic (exact) mass is 1290 g/mol. The van der Waals surface area contributed by atoms with Crippen LogP contribution in [0.4, 0.5) is 16.2 Å². The topological polar surface area (TPSA) is 363 Å². The van der Waals surface area contributed by atoms with Gasteiger partial charge in [0.2, 0.25) is 35.8 Å². The maximum atomic E-state index is 14.3. The number of fused-ring (bicyclic) bond motifs is 5. The van der Waals surface area contributed by atoms with Crippen molar-refractivity contribution in [2.45, 2.75) is 161 Å². The molecule has 2 aliphatic rings. The molecule has 5 aromatic rings. The fourth-order valence-electron chi connectivity index (χ4n) is 11.3. The number of aliphatic hydroxyl groups excluding tert-OH is 3. The lowest BCUT2D eigenvalue weighted by molar-refractivity contribution is -0.271. The number of benzene rings is 4. The highest BCUT2D eigenvalue weighted by molar-refractivity contribution is 6.00. The summed E-state index contributed by atoms with van der Waals surface area (Å²) in [6.07, 6.45) is -8.10. The van der Waals surface area contributed by atoms with E-state index in [0.29, 0.717) is 47.6 Å². The highest BCUT2D eigenvalue weighted by Crippen LogP contribution is 2.41. The lowest BCUT2D eigenvalue weighted by Crippen LogP contribution is -2.61. The number of aromatic nitrogens is 3. The van der Waals surface area contributed by atoms with Gasteiger partial charge in [0.1, 0.15) is 42.4 Å². The lowest BCUT2D eigenvalue weighted by Gasteiger charge is -2.40.